The van der Waals surface area contributed by atoms with Crippen molar-refractivity contribution in [2.45, 2.75) is 25.8 Å². The van der Waals surface area contributed by atoms with Crippen molar-refractivity contribution in [1.29, 1.82) is 0 Å². The van der Waals surface area contributed by atoms with E-state index in [9.17, 15) is 4.39 Å². The molecule has 5 nitrogen and oxygen atoms in total. The highest BCUT2D eigenvalue weighted by molar-refractivity contribution is 5.28. The van der Waals surface area contributed by atoms with Gasteiger partial charge in [0.1, 0.15) is 11.5 Å². The Hall–Kier alpha value is -2.08. The van der Waals surface area contributed by atoms with E-state index >= 15 is 0 Å². The van der Waals surface area contributed by atoms with Gasteiger partial charge in [0, 0.05) is 6.54 Å². The zero-order valence-corrected chi connectivity index (χ0v) is 11.4. The molecule has 0 fully saturated rings. The molecule has 0 radical (unpaired) electrons. The monoisotopic (exact) mass is 275 g/mol. The molecule has 6 heteroatoms. The molecule has 2 aromatic rings. The molecule has 2 rings (SSSR count). The number of anilines is 1. The van der Waals surface area contributed by atoms with Crippen LogP contribution >= 0.6 is 0 Å². The molecule has 0 bridgehead atoms. The van der Waals surface area contributed by atoms with Gasteiger partial charge < -0.3 is 11.1 Å². The van der Waals surface area contributed by atoms with Crippen LogP contribution in [0.4, 0.5) is 10.3 Å². The molecule has 0 saturated carbocycles. The number of halogens is 1. The number of nitrogens with one attached hydrogen (secondary N) is 1. The second kappa shape index (κ2) is 6.91. The Balaban J connectivity index is 2.03. The first-order chi connectivity index (χ1) is 9.70. The van der Waals surface area contributed by atoms with Crippen LogP contribution in [0.1, 0.15) is 37.1 Å². The predicted molar refractivity (Wildman–Crippen MR) is 75.7 cm³/mol. The largest absolute Gasteiger partial charge is 0.353 e. The summed E-state index contributed by atoms with van der Waals surface area (Å²) in [4.78, 5) is 4.18. The van der Waals surface area contributed by atoms with E-state index in [1.54, 1.807) is 18.3 Å². The van der Waals surface area contributed by atoms with Crippen LogP contribution in [-0.4, -0.2) is 21.7 Å². The molecule has 3 N–H and O–H groups in total. The van der Waals surface area contributed by atoms with E-state index in [1.165, 1.54) is 12.1 Å². The third-order valence-corrected chi connectivity index (χ3v) is 2.94. The van der Waals surface area contributed by atoms with E-state index in [2.05, 4.69) is 27.4 Å². The summed E-state index contributed by atoms with van der Waals surface area (Å²) in [7, 11) is 0. The lowest BCUT2D eigenvalue weighted by Crippen LogP contribution is -2.16. The van der Waals surface area contributed by atoms with Crippen molar-refractivity contribution in [3.05, 3.63) is 47.5 Å². The van der Waals surface area contributed by atoms with Crippen molar-refractivity contribution >= 4 is 5.95 Å². The highest BCUT2D eigenvalue weighted by Gasteiger charge is 2.11. The van der Waals surface area contributed by atoms with E-state index in [1.807, 2.05) is 0 Å². The maximum absolute atomic E-state index is 12.9. The Morgan fingerprint density at radius 3 is 2.60 bits per heavy atom. The number of unbranched alkanes of at least 4 members (excludes halogenated alkanes) is 1. The fourth-order valence-electron chi connectivity index (χ4n) is 1.73. The number of nitrogens with two attached hydrogens (primary N) is 1. The van der Waals surface area contributed by atoms with Gasteiger partial charge in [-0.25, -0.2) is 9.37 Å². The van der Waals surface area contributed by atoms with E-state index in [-0.39, 0.29) is 5.82 Å². The van der Waals surface area contributed by atoms with Crippen molar-refractivity contribution < 1.29 is 4.39 Å². The summed E-state index contributed by atoms with van der Waals surface area (Å²) in [5.41, 5.74) is 7.38. The molecule has 20 heavy (non-hydrogen) atoms. The molecule has 106 valence electrons. The van der Waals surface area contributed by atoms with Gasteiger partial charge in [-0.05, 0) is 24.1 Å². The van der Waals surface area contributed by atoms with Gasteiger partial charge in [-0.3, -0.25) is 0 Å². The molecule has 0 spiro atoms. The van der Waals surface area contributed by atoms with Crippen LogP contribution in [0.25, 0.3) is 0 Å². The first kappa shape index (κ1) is 14.3. The van der Waals surface area contributed by atoms with Crippen molar-refractivity contribution in [2.24, 2.45) is 5.73 Å². The average molecular weight is 275 g/mol. The Kier molecular flexibility index (Phi) is 4.95. The predicted octanol–water partition coefficient (Wildman–Crippen LogP) is 2.27. The number of benzene rings is 1. The van der Waals surface area contributed by atoms with E-state index < -0.39 is 6.04 Å². The first-order valence-corrected chi connectivity index (χ1v) is 6.65. The Morgan fingerprint density at radius 2 is 2.00 bits per heavy atom. The maximum atomic E-state index is 12.9. The molecule has 0 amide bonds. The van der Waals surface area contributed by atoms with Crippen molar-refractivity contribution in [2.75, 3.05) is 11.9 Å². The van der Waals surface area contributed by atoms with Crippen molar-refractivity contribution in [3.8, 4) is 0 Å². The molecule has 1 heterocycles. The summed E-state index contributed by atoms with van der Waals surface area (Å²) in [6.45, 7) is 2.94. The van der Waals surface area contributed by atoms with Crippen molar-refractivity contribution in [1.82, 2.24) is 15.2 Å². The van der Waals surface area contributed by atoms with Crippen LogP contribution in [0.5, 0.6) is 0 Å². The molecule has 1 aromatic heterocycles. The molecule has 0 aliphatic heterocycles. The number of hydrogen-bond acceptors (Lipinski definition) is 5. The maximum Gasteiger partial charge on any atom is 0.242 e. The van der Waals surface area contributed by atoms with Gasteiger partial charge in [0.25, 0.3) is 0 Å². The molecule has 1 aromatic carbocycles. The minimum Gasteiger partial charge on any atom is -0.353 e. The third kappa shape index (κ3) is 3.71. The SMILES string of the molecule is CCCCNc1ncc(C(N)c2ccc(F)cc2)nn1. The summed E-state index contributed by atoms with van der Waals surface area (Å²) in [6.07, 6.45) is 3.75. The summed E-state index contributed by atoms with van der Waals surface area (Å²) < 4.78 is 12.9. The van der Waals surface area contributed by atoms with Crippen LogP contribution < -0.4 is 11.1 Å². The Morgan fingerprint density at radius 1 is 1.25 bits per heavy atom. The second-order valence-corrected chi connectivity index (χ2v) is 4.52. The molecular formula is C14H18FN5. The Labute approximate surface area is 117 Å². The molecule has 0 aliphatic carbocycles. The van der Waals surface area contributed by atoms with Crippen LogP contribution in [0, 0.1) is 5.82 Å². The van der Waals surface area contributed by atoms with Crippen LogP contribution in [0.2, 0.25) is 0 Å². The van der Waals surface area contributed by atoms with Crippen molar-refractivity contribution in [3.63, 3.8) is 0 Å². The summed E-state index contributed by atoms with van der Waals surface area (Å²) in [5.74, 6) is 0.203. The lowest BCUT2D eigenvalue weighted by Gasteiger charge is -2.11. The minimum atomic E-state index is -0.458. The lowest BCUT2D eigenvalue weighted by molar-refractivity contribution is 0.626. The summed E-state index contributed by atoms with van der Waals surface area (Å²) in [5, 5.41) is 11.1. The molecule has 0 aliphatic rings. The minimum absolute atomic E-state index is 0.291. The standard InChI is InChI=1S/C14H18FN5/c1-2-3-8-17-14-18-9-12(19-20-14)13(16)10-4-6-11(15)7-5-10/h4-7,9,13H,2-3,8,16H2,1H3,(H,17,18,20). The number of hydrogen-bond donors (Lipinski definition) is 2. The average Bonchev–Trinajstić information content (AvgIpc) is 2.48. The summed E-state index contributed by atoms with van der Waals surface area (Å²) in [6, 6.07) is 5.55. The molecule has 1 unspecified atom stereocenters. The van der Waals surface area contributed by atoms with E-state index in [0.717, 1.165) is 24.9 Å². The van der Waals surface area contributed by atoms with Gasteiger partial charge in [-0.1, -0.05) is 25.5 Å². The normalized spacial score (nSPS) is 12.2. The fourth-order valence-corrected chi connectivity index (χ4v) is 1.73. The quantitative estimate of drug-likeness (QED) is 0.791. The van der Waals surface area contributed by atoms with Gasteiger partial charge in [-0.2, -0.15) is 0 Å². The lowest BCUT2D eigenvalue weighted by atomic mass is 10.1. The van der Waals surface area contributed by atoms with Crippen LogP contribution in [-0.2, 0) is 0 Å². The highest BCUT2D eigenvalue weighted by atomic mass is 19.1. The first-order valence-electron chi connectivity index (χ1n) is 6.65. The van der Waals surface area contributed by atoms with E-state index in [4.69, 9.17) is 5.73 Å². The zero-order valence-electron chi connectivity index (χ0n) is 11.4. The second-order valence-electron chi connectivity index (χ2n) is 4.52. The van der Waals surface area contributed by atoms with Gasteiger partial charge in [0.05, 0.1) is 12.2 Å². The number of aromatic nitrogens is 3. The Bertz CT molecular complexity index is 526. The number of nitrogens with zero attached hydrogens (tertiary/aromatic N) is 3. The highest BCUT2D eigenvalue weighted by Crippen LogP contribution is 2.17. The van der Waals surface area contributed by atoms with Gasteiger partial charge in [-0.15, -0.1) is 10.2 Å². The molecule has 1 atom stereocenters. The topological polar surface area (TPSA) is 76.7 Å². The van der Waals surface area contributed by atoms with Gasteiger partial charge in [0.15, 0.2) is 0 Å². The number of rotatable bonds is 6. The van der Waals surface area contributed by atoms with Crippen LogP contribution in [0.3, 0.4) is 0 Å². The van der Waals surface area contributed by atoms with Gasteiger partial charge >= 0.3 is 0 Å². The summed E-state index contributed by atoms with van der Waals surface area (Å²) >= 11 is 0. The molecule has 0 saturated heterocycles. The van der Waals surface area contributed by atoms with E-state index in [0.29, 0.717) is 11.6 Å². The zero-order chi connectivity index (χ0) is 14.4. The smallest absolute Gasteiger partial charge is 0.242 e. The van der Waals surface area contributed by atoms with Gasteiger partial charge in [0.2, 0.25) is 5.95 Å². The van der Waals surface area contributed by atoms with Crippen LogP contribution in [0.15, 0.2) is 30.5 Å². The third-order valence-electron chi connectivity index (χ3n) is 2.94. The molecular weight excluding hydrogens is 257 g/mol. The fraction of sp³-hybridized carbons (Fsp3) is 0.357.